The maximum atomic E-state index is 12.7. The number of likely N-dealkylation sites (N-methyl/N-ethyl adjacent to an activating group) is 1. The van der Waals surface area contributed by atoms with Crippen LogP contribution >= 0.6 is 24.8 Å². The van der Waals surface area contributed by atoms with E-state index in [1.165, 1.54) is 19.3 Å². The first kappa shape index (κ1) is 23.0. The van der Waals surface area contributed by atoms with Gasteiger partial charge in [0.15, 0.2) is 0 Å². The summed E-state index contributed by atoms with van der Waals surface area (Å²) in [5.74, 6) is 0.344. The lowest BCUT2D eigenvalue weighted by atomic mass is 9.71. The van der Waals surface area contributed by atoms with E-state index in [4.69, 9.17) is 5.73 Å². The minimum absolute atomic E-state index is 0. The van der Waals surface area contributed by atoms with Crippen molar-refractivity contribution in [3.63, 3.8) is 0 Å². The van der Waals surface area contributed by atoms with E-state index in [-0.39, 0.29) is 30.2 Å². The number of carbonyl (C=O) groups is 1. The van der Waals surface area contributed by atoms with Crippen LogP contribution in [-0.4, -0.2) is 54.5 Å². The molecule has 1 amide bonds. The van der Waals surface area contributed by atoms with Gasteiger partial charge in [0.1, 0.15) is 0 Å². The van der Waals surface area contributed by atoms with Crippen molar-refractivity contribution >= 4 is 30.7 Å². The zero-order valence-electron chi connectivity index (χ0n) is 14.8. The zero-order valence-corrected chi connectivity index (χ0v) is 16.4. The molecule has 0 spiro atoms. The first-order valence-electron chi connectivity index (χ1n) is 8.86. The Bertz CT molecular complexity index is 345. The van der Waals surface area contributed by atoms with Crippen molar-refractivity contribution in [1.29, 1.82) is 0 Å². The number of halogens is 2. The van der Waals surface area contributed by atoms with Crippen LogP contribution in [0.25, 0.3) is 0 Å². The van der Waals surface area contributed by atoms with Crippen LogP contribution in [0.5, 0.6) is 0 Å². The second kappa shape index (κ2) is 10.8. The number of rotatable bonds is 6. The number of nitrogens with two attached hydrogens (primary N) is 1. The van der Waals surface area contributed by atoms with E-state index in [0.29, 0.717) is 24.9 Å². The number of carbonyl (C=O) groups excluding carboxylic acids is 1. The summed E-state index contributed by atoms with van der Waals surface area (Å²) in [7, 11) is 0. The van der Waals surface area contributed by atoms with Crippen LogP contribution in [0, 0.1) is 5.41 Å². The molecule has 2 N–H and O–H groups in total. The molecular formula is C17H35Cl2N3O. The van der Waals surface area contributed by atoms with E-state index >= 15 is 0 Å². The van der Waals surface area contributed by atoms with Gasteiger partial charge in [-0.05, 0) is 44.3 Å². The van der Waals surface area contributed by atoms with Crippen molar-refractivity contribution in [2.75, 3.05) is 32.7 Å². The van der Waals surface area contributed by atoms with E-state index in [9.17, 15) is 4.79 Å². The van der Waals surface area contributed by atoms with Gasteiger partial charge in [-0.3, -0.25) is 9.69 Å². The van der Waals surface area contributed by atoms with Crippen LogP contribution < -0.4 is 5.73 Å². The molecule has 1 unspecified atom stereocenters. The van der Waals surface area contributed by atoms with Crippen molar-refractivity contribution in [1.82, 2.24) is 9.80 Å². The van der Waals surface area contributed by atoms with Gasteiger partial charge in [0.05, 0.1) is 0 Å². The van der Waals surface area contributed by atoms with E-state index in [1.54, 1.807) is 0 Å². The lowest BCUT2D eigenvalue weighted by molar-refractivity contribution is -0.133. The highest BCUT2D eigenvalue weighted by atomic mass is 35.5. The number of likely N-dealkylation sites (tertiary alicyclic amines) is 1. The Labute approximate surface area is 154 Å². The monoisotopic (exact) mass is 367 g/mol. The Morgan fingerprint density at radius 1 is 1.17 bits per heavy atom. The number of hydrogen-bond acceptors (Lipinski definition) is 3. The van der Waals surface area contributed by atoms with Gasteiger partial charge in [-0.15, -0.1) is 24.8 Å². The Morgan fingerprint density at radius 3 is 2.30 bits per heavy atom. The summed E-state index contributed by atoms with van der Waals surface area (Å²) in [6.07, 6.45) is 7.88. The predicted molar refractivity (Wildman–Crippen MR) is 102 cm³/mol. The lowest BCUT2D eigenvalue weighted by Crippen LogP contribution is -2.42. The van der Waals surface area contributed by atoms with Crippen molar-refractivity contribution < 1.29 is 4.79 Å². The highest BCUT2D eigenvalue weighted by molar-refractivity contribution is 5.85. The molecule has 0 bridgehead atoms. The fourth-order valence-corrected chi connectivity index (χ4v) is 4.19. The van der Waals surface area contributed by atoms with E-state index in [2.05, 4.69) is 23.6 Å². The van der Waals surface area contributed by atoms with E-state index < -0.39 is 0 Å². The average Bonchev–Trinajstić information content (AvgIpc) is 2.99. The lowest BCUT2D eigenvalue weighted by Gasteiger charge is -2.37. The zero-order chi connectivity index (χ0) is 15.3. The van der Waals surface area contributed by atoms with Crippen molar-refractivity contribution in [2.45, 2.75) is 64.8 Å². The van der Waals surface area contributed by atoms with Crippen molar-refractivity contribution in [2.24, 2.45) is 11.1 Å². The topological polar surface area (TPSA) is 49.6 Å². The van der Waals surface area contributed by atoms with Gasteiger partial charge >= 0.3 is 0 Å². The molecule has 1 saturated carbocycles. The van der Waals surface area contributed by atoms with Crippen LogP contribution in [0.1, 0.15) is 58.8 Å². The Hall–Kier alpha value is -0.0300. The molecule has 1 atom stereocenters. The molecule has 1 aliphatic heterocycles. The fraction of sp³-hybridized carbons (Fsp3) is 0.941. The average molecular weight is 368 g/mol. The predicted octanol–water partition coefficient (Wildman–Crippen LogP) is 3.07. The second-order valence-corrected chi connectivity index (χ2v) is 6.95. The molecule has 0 aromatic rings. The molecule has 138 valence electrons. The molecule has 23 heavy (non-hydrogen) atoms. The third-order valence-corrected chi connectivity index (χ3v) is 5.72. The molecular weight excluding hydrogens is 333 g/mol. The van der Waals surface area contributed by atoms with Crippen molar-refractivity contribution in [3.05, 3.63) is 0 Å². The summed E-state index contributed by atoms with van der Waals surface area (Å²) >= 11 is 0. The normalized spacial score (nSPS) is 23.3. The van der Waals surface area contributed by atoms with Crippen LogP contribution in [-0.2, 0) is 4.79 Å². The molecule has 0 aromatic heterocycles. The molecule has 2 rings (SSSR count). The standard InChI is InChI=1S/C17H33N3O.2ClH/c1-3-19(4-2)15-8-11-20(13-15)16(21)12-17(14-18)9-6-5-7-10-17;;/h15H,3-14,18H2,1-2H3;2*1H. The number of nitrogens with zero attached hydrogens (tertiary/aromatic N) is 2. The van der Waals surface area contributed by atoms with Crippen LogP contribution in [0.4, 0.5) is 0 Å². The first-order chi connectivity index (χ1) is 10.1. The van der Waals surface area contributed by atoms with E-state index in [0.717, 1.165) is 45.4 Å². The SMILES string of the molecule is CCN(CC)C1CCN(C(=O)CC2(CN)CCCCC2)C1.Cl.Cl. The largest absolute Gasteiger partial charge is 0.341 e. The number of amides is 1. The summed E-state index contributed by atoms with van der Waals surface area (Å²) in [6.45, 7) is 9.10. The molecule has 0 radical (unpaired) electrons. The Balaban J connectivity index is 0.00000242. The molecule has 2 fully saturated rings. The highest BCUT2D eigenvalue weighted by Crippen LogP contribution is 2.39. The van der Waals surface area contributed by atoms with Crippen LogP contribution in [0.15, 0.2) is 0 Å². The van der Waals surface area contributed by atoms with Gasteiger partial charge in [0.2, 0.25) is 5.91 Å². The van der Waals surface area contributed by atoms with Crippen molar-refractivity contribution in [3.8, 4) is 0 Å². The molecule has 2 aliphatic rings. The third-order valence-electron chi connectivity index (χ3n) is 5.72. The summed E-state index contributed by atoms with van der Waals surface area (Å²) in [5, 5.41) is 0. The molecule has 0 aromatic carbocycles. The quantitative estimate of drug-likeness (QED) is 0.784. The summed E-state index contributed by atoms with van der Waals surface area (Å²) in [4.78, 5) is 17.2. The van der Waals surface area contributed by atoms with Gasteiger partial charge in [0.25, 0.3) is 0 Å². The molecule has 1 aliphatic carbocycles. The number of hydrogen-bond donors (Lipinski definition) is 1. The Kier molecular flexibility index (Phi) is 10.7. The van der Waals surface area contributed by atoms with E-state index in [1.807, 2.05) is 0 Å². The van der Waals surface area contributed by atoms with Gasteiger partial charge in [-0.25, -0.2) is 0 Å². The van der Waals surface area contributed by atoms with Gasteiger partial charge in [-0.2, -0.15) is 0 Å². The first-order valence-corrected chi connectivity index (χ1v) is 8.86. The van der Waals surface area contributed by atoms with Gasteiger partial charge in [0, 0.05) is 25.6 Å². The van der Waals surface area contributed by atoms with Gasteiger partial charge < -0.3 is 10.6 Å². The fourth-order valence-electron chi connectivity index (χ4n) is 4.19. The Morgan fingerprint density at radius 2 is 1.78 bits per heavy atom. The van der Waals surface area contributed by atoms with Crippen LogP contribution in [0.3, 0.4) is 0 Å². The molecule has 1 saturated heterocycles. The molecule has 4 nitrogen and oxygen atoms in total. The smallest absolute Gasteiger partial charge is 0.223 e. The maximum absolute atomic E-state index is 12.7. The minimum atomic E-state index is 0. The minimum Gasteiger partial charge on any atom is -0.341 e. The third kappa shape index (κ3) is 5.77. The second-order valence-electron chi connectivity index (χ2n) is 6.95. The summed E-state index contributed by atoms with van der Waals surface area (Å²) in [5.41, 5.74) is 6.12. The summed E-state index contributed by atoms with van der Waals surface area (Å²) in [6, 6.07) is 0.559. The molecule has 6 heteroatoms. The molecule has 1 heterocycles. The van der Waals surface area contributed by atoms with Crippen LogP contribution in [0.2, 0.25) is 0 Å². The van der Waals surface area contributed by atoms with Gasteiger partial charge in [-0.1, -0.05) is 33.1 Å². The summed E-state index contributed by atoms with van der Waals surface area (Å²) < 4.78 is 0. The maximum Gasteiger partial charge on any atom is 0.223 e. The highest BCUT2D eigenvalue weighted by Gasteiger charge is 2.36.